The first kappa shape index (κ1) is 56.0. The van der Waals surface area contributed by atoms with Crippen LogP contribution in [0.25, 0.3) is 0 Å². The van der Waals surface area contributed by atoms with E-state index in [1.165, 1.54) is 14.2 Å². The van der Waals surface area contributed by atoms with Crippen molar-refractivity contribution in [3.8, 4) is 24.2 Å². The van der Waals surface area contributed by atoms with Crippen molar-refractivity contribution >= 4 is 55.1 Å². The SMILES string of the molecule is C#Cc1ccc(COC(C)C)cc1.CC(C)OCSSc1ccccn1.COC(=O)C#CCOC(C)C.COC(=O)COC(C)C.CSSCOC(C)C. The predicted molar refractivity (Wildman–Crippen MR) is 229 cm³/mol. The van der Waals surface area contributed by atoms with Gasteiger partial charge in [-0.1, -0.05) is 62.4 Å². The molecule has 1 aromatic carbocycles. The number of hydrogen-bond acceptors (Lipinski definition) is 14. The third kappa shape index (κ3) is 45.8. The second kappa shape index (κ2) is 40.3. The number of aromatic nitrogens is 1. The molecular weight excluding hydrogens is 767 g/mol. The maximum atomic E-state index is 10.4. The molecule has 2 aromatic rings. The zero-order valence-electron chi connectivity index (χ0n) is 34.4. The van der Waals surface area contributed by atoms with Crippen LogP contribution in [0.3, 0.4) is 0 Å². The normalized spacial score (nSPS) is 9.94. The van der Waals surface area contributed by atoms with Crippen molar-refractivity contribution in [2.24, 2.45) is 0 Å². The maximum absolute atomic E-state index is 10.4. The molecule has 0 saturated carbocycles. The second-order valence-electron chi connectivity index (χ2n) is 11.6. The Kier molecular flexibility index (Phi) is 41.8. The van der Waals surface area contributed by atoms with Crippen molar-refractivity contribution in [3.05, 3.63) is 59.8 Å². The van der Waals surface area contributed by atoms with Crippen LogP contribution < -0.4 is 0 Å². The van der Waals surface area contributed by atoms with Gasteiger partial charge in [0.15, 0.2) is 0 Å². The van der Waals surface area contributed by atoms with Gasteiger partial charge in [0.1, 0.15) is 30.1 Å². The molecule has 10 nitrogen and oxygen atoms in total. The number of pyridine rings is 1. The zero-order valence-corrected chi connectivity index (χ0v) is 37.6. The molecule has 0 aliphatic carbocycles. The highest BCUT2D eigenvalue weighted by Crippen LogP contribution is 2.28. The molecule has 0 atom stereocenters. The topological polar surface area (TPSA) is 112 Å². The summed E-state index contributed by atoms with van der Waals surface area (Å²) in [6, 6.07) is 13.7. The van der Waals surface area contributed by atoms with Crippen molar-refractivity contribution in [2.45, 2.75) is 111 Å². The van der Waals surface area contributed by atoms with Crippen LogP contribution in [0.1, 0.15) is 80.4 Å². The minimum atomic E-state index is -0.530. The van der Waals surface area contributed by atoms with E-state index in [1.807, 2.05) is 118 Å². The molecule has 2 rings (SSSR count). The van der Waals surface area contributed by atoms with Crippen LogP contribution in [0.4, 0.5) is 0 Å². The van der Waals surface area contributed by atoms with Gasteiger partial charge in [0, 0.05) is 17.7 Å². The number of rotatable bonds is 17. The Balaban J connectivity index is -0.000000610. The van der Waals surface area contributed by atoms with Crippen molar-refractivity contribution in [3.63, 3.8) is 0 Å². The minimum absolute atomic E-state index is 0.0498. The van der Waals surface area contributed by atoms with Gasteiger partial charge < -0.3 is 33.2 Å². The highest BCUT2D eigenvalue weighted by molar-refractivity contribution is 8.76. The van der Waals surface area contributed by atoms with Crippen molar-refractivity contribution in [2.75, 3.05) is 45.6 Å². The molecule has 0 fully saturated rings. The number of esters is 2. The van der Waals surface area contributed by atoms with Crippen LogP contribution in [0.5, 0.6) is 0 Å². The number of terminal acetylenes is 1. The van der Waals surface area contributed by atoms with E-state index in [2.05, 4.69) is 32.2 Å². The summed E-state index contributed by atoms with van der Waals surface area (Å²) in [4.78, 5) is 25.0. The van der Waals surface area contributed by atoms with E-state index >= 15 is 0 Å². The molecule has 0 N–H and O–H groups in total. The summed E-state index contributed by atoms with van der Waals surface area (Å²) < 4.78 is 34.7. The van der Waals surface area contributed by atoms with Gasteiger partial charge in [-0.15, -0.1) is 6.42 Å². The molecule has 14 heteroatoms. The molecule has 0 bridgehead atoms. The fourth-order valence-corrected chi connectivity index (χ4v) is 5.06. The quantitative estimate of drug-likeness (QED) is 0.0377. The molecular formula is C40H63NO9S4. The number of methoxy groups -OCH3 is 2. The van der Waals surface area contributed by atoms with Crippen LogP contribution in [-0.2, 0) is 49.4 Å². The summed E-state index contributed by atoms with van der Waals surface area (Å²) in [6.45, 7) is 20.7. The number of carbonyl (C=O) groups is 2. The Morgan fingerprint density at radius 3 is 1.72 bits per heavy atom. The van der Waals surface area contributed by atoms with Gasteiger partial charge in [0.05, 0.1) is 51.3 Å². The lowest BCUT2D eigenvalue weighted by atomic mass is 10.1. The van der Waals surface area contributed by atoms with Gasteiger partial charge in [-0.3, -0.25) is 0 Å². The van der Waals surface area contributed by atoms with E-state index < -0.39 is 5.97 Å². The third-order valence-electron chi connectivity index (χ3n) is 5.13. The average molecular weight is 830 g/mol. The number of ether oxygens (including phenoxy) is 7. The standard InChI is InChI=1S/C12H14O.C9H13NOS2.C8H12O3.C6H12O3.C5H12OS2/c1-4-11-5-7-12(8-6-11)9-13-10(2)3;1-8(2)11-7-12-13-9-5-3-4-6-10-9;1-7(2)11-6-4-5-8(9)10-3;1-5(2)9-4-6(7)8-3;1-5(2)6-4-8-7-3/h1,5-8,10H,9H2,2-3H3;3-6,8H,7H2,1-2H3;7H,6H2,1-3H3;5H,4H2,1-3H3;5H,4H2,1-3H3. The lowest BCUT2D eigenvalue weighted by molar-refractivity contribution is -0.147. The monoisotopic (exact) mass is 829 g/mol. The Labute approximate surface area is 342 Å². The molecule has 0 aliphatic rings. The van der Waals surface area contributed by atoms with Crippen molar-refractivity contribution in [1.29, 1.82) is 0 Å². The number of hydrogen-bond donors (Lipinski definition) is 0. The van der Waals surface area contributed by atoms with Gasteiger partial charge >= 0.3 is 11.9 Å². The fourth-order valence-electron chi connectivity index (χ4n) is 2.48. The molecule has 0 amide bonds. The summed E-state index contributed by atoms with van der Waals surface area (Å²) in [5.41, 5.74) is 2.07. The molecule has 1 heterocycles. The molecule has 1 aromatic heterocycles. The Morgan fingerprint density at radius 1 is 0.722 bits per heavy atom. The van der Waals surface area contributed by atoms with Gasteiger partial charge in [-0.05, 0) is 116 Å². The summed E-state index contributed by atoms with van der Waals surface area (Å²) >= 11 is 0. The minimum Gasteiger partial charge on any atom is -0.467 e. The second-order valence-corrected chi connectivity index (χ2v) is 16.4. The lowest BCUT2D eigenvalue weighted by Crippen LogP contribution is -2.14. The summed E-state index contributed by atoms with van der Waals surface area (Å²) in [5.74, 6) is 8.00. The predicted octanol–water partition coefficient (Wildman–Crippen LogP) is 9.35. The molecule has 0 radical (unpaired) electrons. The first-order valence-electron chi connectivity index (χ1n) is 17.2. The van der Waals surface area contributed by atoms with Crippen molar-refractivity contribution in [1.82, 2.24) is 4.98 Å². The van der Waals surface area contributed by atoms with E-state index in [0.717, 1.165) is 22.1 Å². The smallest absolute Gasteiger partial charge is 0.384 e. The summed E-state index contributed by atoms with van der Waals surface area (Å²) in [7, 11) is 9.41. The number of nitrogens with zero attached hydrogens (tertiary/aromatic N) is 1. The van der Waals surface area contributed by atoms with E-state index in [-0.39, 0.29) is 37.5 Å². The van der Waals surface area contributed by atoms with Gasteiger partial charge in [0.25, 0.3) is 0 Å². The van der Waals surface area contributed by atoms with Crippen molar-refractivity contribution < 1.29 is 42.7 Å². The average Bonchev–Trinajstić information content (AvgIpc) is 3.14. The number of benzene rings is 1. The van der Waals surface area contributed by atoms with E-state index in [9.17, 15) is 9.59 Å². The third-order valence-corrected chi connectivity index (χ3v) is 8.51. The largest absolute Gasteiger partial charge is 0.467 e. The molecule has 0 unspecified atom stereocenters. The first-order chi connectivity index (χ1) is 25.6. The van der Waals surface area contributed by atoms with E-state index in [4.69, 9.17) is 30.1 Å². The lowest BCUT2D eigenvalue weighted by Gasteiger charge is -2.06. The Bertz CT molecular complexity index is 1260. The van der Waals surface area contributed by atoms with Crippen LogP contribution in [0.15, 0.2) is 53.7 Å². The van der Waals surface area contributed by atoms with Gasteiger partial charge in [0.2, 0.25) is 0 Å². The molecule has 0 aliphatic heterocycles. The van der Waals surface area contributed by atoms with Crippen LogP contribution in [0, 0.1) is 24.2 Å². The van der Waals surface area contributed by atoms with E-state index in [1.54, 1.807) is 49.4 Å². The highest BCUT2D eigenvalue weighted by Gasteiger charge is 2.00. The van der Waals surface area contributed by atoms with Crippen LogP contribution >= 0.6 is 43.2 Å². The Morgan fingerprint density at radius 2 is 1.28 bits per heavy atom. The van der Waals surface area contributed by atoms with Gasteiger partial charge in [-0.2, -0.15) is 0 Å². The highest BCUT2D eigenvalue weighted by atomic mass is 33.1. The molecule has 0 saturated heterocycles. The summed E-state index contributed by atoms with van der Waals surface area (Å²) in [6.07, 6.45) is 10.3. The van der Waals surface area contributed by atoms with Crippen LogP contribution in [0.2, 0.25) is 0 Å². The Hall–Kier alpha value is -2.37. The fraction of sp³-hybridized carbons (Fsp3) is 0.575. The molecule has 0 spiro atoms. The van der Waals surface area contributed by atoms with Crippen LogP contribution in [-0.4, -0.2) is 93.0 Å². The number of carbonyl (C=O) groups excluding carboxylic acids is 2. The van der Waals surface area contributed by atoms with Gasteiger partial charge in [-0.25, -0.2) is 14.6 Å². The molecule has 54 heavy (non-hydrogen) atoms. The molecule has 306 valence electrons. The maximum Gasteiger partial charge on any atom is 0.384 e. The summed E-state index contributed by atoms with van der Waals surface area (Å²) in [5, 5.41) is 1.03. The van der Waals surface area contributed by atoms with E-state index in [0.29, 0.717) is 24.8 Å². The first-order valence-corrected chi connectivity index (χ1v) is 22.3. The zero-order chi connectivity index (χ0) is 41.6.